The summed E-state index contributed by atoms with van der Waals surface area (Å²) in [6.07, 6.45) is 1.72. The summed E-state index contributed by atoms with van der Waals surface area (Å²) in [5.74, 6) is -0.994. The molecule has 6 nitrogen and oxygen atoms in total. The summed E-state index contributed by atoms with van der Waals surface area (Å²) in [6.45, 7) is 0.577. The van der Waals surface area contributed by atoms with Gasteiger partial charge in [0, 0.05) is 11.6 Å². The van der Waals surface area contributed by atoms with E-state index < -0.39 is 11.9 Å². The van der Waals surface area contributed by atoms with Gasteiger partial charge >= 0.3 is 5.97 Å². The number of nitrogens with one attached hydrogen (secondary N) is 1. The highest BCUT2D eigenvalue weighted by atomic mass is 16.5. The zero-order chi connectivity index (χ0) is 13.2. The van der Waals surface area contributed by atoms with Gasteiger partial charge in [-0.3, -0.25) is 4.79 Å². The zero-order valence-electron chi connectivity index (χ0n) is 10.1. The number of carboxylic acids is 1. The van der Waals surface area contributed by atoms with E-state index in [4.69, 9.17) is 9.84 Å². The molecule has 0 amide bonds. The number of nitrogens with zero attached hydrogens (tertiary/aromatic N) is 2. The molecule has 0 radical (unpaired) electrons. The Kier molecular flexibility index (Phi) is 3.00. The molecule has 0 spiro atoms. The molecule has 1 aromatic heterocycles. The van der Waals surface area contributed by atoms with Crippen LogP contribution < -0.4 is 5.32 Å². The maximum Gasteiger partial charge on any atom is 0.311 e. The SMILES string of the molecule is O=C(O)C1COCC1Nc1ncc2ccccc2n1. The van der Waals surface area contributed by atoms with Gasteiger partial charge in [-0.05, 0) is 6.07 Å². The van der Waals surface area contributed by atoms with E-state index in [2.05, 4.69) is 15.3 Å². The van der Waals surface area contributed by atoms with Gasteiger partial charge in [0.1, 0.15) is 5.92 Å². The topological polar surface area (TPSA) is 84.3 Å². The number of ether oxygens (including phenoxy) is 1. The van der Waals surface area contributed by atoms with E-state index in [0.717, 1.165) is 10.9 Å². The normalized spacial score (nSPS) is 22.5. The highest BCUT2D eigenvalue weighted by molar-refractivity contribution is 5.78. The average Bonchev–Trinajstić information content (AvgIpc) is 2.87. The summed E-state index contributed by atoms with van der Waals surface area (Å²) in [5, 5.41) is 13.1. The van der Waals surface area contributed by atoms with Crippen molar-refractivity contribution in [1.82, 2.24) is 9.97 Å². The van der Waals surface area contributed by atoms with Gasteiger partial charge < -0.3 is 15.2 Å². The minimum atomic E-state index is -0.865. The number of hydrogen-bond acceptors (Lipinski definition) is 5. The molecular formula is C13H13N3O3. The number of carbonyl (C=O) groups is 1. The van der Waals surface area contributed by atoms with Crippen LogP contribution in [0.1, 0.15) is 0 Å². The van der Waals surface area contributed by atoms with E-state index in [9.17, 15) is 4.79 Å². The van der Waals surface area contributed by atoms with Crippen molar-refractivity contribution in [2.24, 2.45) is 5.92 Å². The number of benzene rings is 1. The van der Waals surface area contributed by atoms with Gasteiger partial charge in [0.15, 0.2) is 0 Å². The molecule has 2 aromatic rings. The largest absolute Gasteiger partial charge is 0.481 e. The second kappa shape index (κ2) is 4.81. The molecule has 1 aliphatic heterocycles. The van der Waals surface area contributed by atoms with E-state index in [0.29, 0.717) is 12.6 Å². The molecule has 1 aromatic carbocycles. The van der Waals surface area contributed by atoms with Crippen LogP contribution in [0.5, 0.6) is 0 Å². The molecule has 1 fully saturated rings. The molecule has 2 N–H and O–H groups in total. The van der Waals surface area contributed by atoms with Gasteiger partial charge in [-0.25, -0.2) is 9.97 Å². The third-order valence-corrected chi connectivity index (χ3v) is 3.20. The van der Waals surface area contributed by atoms with Gasteiger partial charge in [-0.15, -0.1) is 0 Å². The molecule has 2 heterocycles. The number of rotatable bonds is 3. The van der Waals surface area contributed by atoms with Crippen molar-refractivity contribution in [2.45, 2.75) is 6.04 Å². The fourth-order valence-electron chi connectivity index (χ4n) is 2.15. The van der Waals surface area contributed by atoms with Crippen LogP contribution in [-0.2, 0) is 9.53 Å². The Labute approximate surface area is 109 Å². The number of hydrogen-bond donors (Lipinski definition) is 2. The first kappa shape index (κ1) is 11.9. The molecule has 6 heteroatoms. The van der Waals surface area contributed by atoms with Crippen LogP contribution in [-0.4, -0.2) is 40.3 Å². The Morgan fingerprint density at radius 1 is 1.37 bits per heavy atom. The molecule has 1 aliphatic rings. The lowest BCUT2D eigenvalue weighted by Crippen LogP contribution is -2.33. The summed E-state index contributed by atoms with van der Waals surface area (Å²) in [5.41, 5.74) is 0.825. The molecule has 2 atom stereocenters. The van der Waals surface area contributed by atoms with Crippen molar-refractivity contribution in [1.29, 1.82) is 0 Å². The Bertz CT molecular complexity index is 617. The molecule has 19 heavy (non-hydrogen) atoms. The second-order valence-corrected chi connectivity index (χ2v) is 4.49. The molecule has 3 rings (SSSR count). The minimum Gasteiger partial charge on any atom is -0.481 e. The highest BCUT2D eigenvalue weighted by Gasteiger charge is 2.34. The Morgan fingerprint density at radius 2 is 2.21 bits per heavy atom. The molecular weight excluding hydrogens is 246 g/mol. The predicted octanol–water partition coefficient (Wildman–Crippen LogP) is 1.14. The quantitative estimate of drug-likeness (QED) is 0.860. The lowest BCUT2D eigenvalue weighted by Gasteiger charge is -2.15. The zero-order valence-corrected chi connectivity index (χ0v) is 10.1. The van der Waals surface area contributed by atoms with Crippen molar-refractivity contribution in [2.75, 3.05) is 18.5 Å². The van der Waals surface area contributed by atoms with Crippen molar-refractivity contribution >= 4 is 22.8 Å². The Morgan fingerprint density at radius 3 is 3.05 bits per heavy atom. The Balaban J connectivity index is 1.83. The van der Waals surface area contributed by atoms with Crippen LogP contribution in [0.2, 0.25) is 0 Å². The maximum absolute atomic E-state index is 11.1. The number of anilines is 1. The molecule has 0 aliphatic carbocycles. The van der Waals surface area contributed by atoms with E-state index in [1.54, 1.807) is 6.20 Å². The van der Waals surface area contributed by atoms with E-state index in [1.807, 2.05) is 24.3 Å². The fourth-order valence-corrected chi connectivity index (χ4v) is 2.15. The number of aromatic nitrogens is 2. The maximum atomic E-state index is 11.1. The van der Waals surface area contributed by atoms with Gasteiger partial charge in [0.2, 0.25) is 5.95 Å². The summed E-state index contributed by atoms with van der Waals surface area (Å²) in [7, 11) is 0. The van der Waals surface area contributed by atoms with Crippen molar-refractivity contribution < 1.29 is 14.6 Å². The standard InChI is InChI=1S/C13H13N3O3/c17-12(18)9-6-19-7-11(9)16-13-14-5-8-3-1-2-4-10(8)15-13/h1-5,9,11H,6-7H2,(H,17,18)(H,14,15,16). The van der Waals surface area contributed by atoms with Gasteiger partial charge in [-0.1, -0.05) is 18.2 Å². The second-order valence-electron chi connectivity index (χ2n) is 4.49. The van der Waals surface area contributed by atoms with Crippen LogP contribution in [0.15, 0.2) is 30.5 Å². The van der Waals surface area contributed by atoms with E-state index in [1.165, 1.54) is 0 Å². The van der Waals surface area contributed by atoms with E-state index in [-0.39, 0.29) is 12.6 Å². The monoisotopic (exact) mass is 259 g/mol. The molecule has 98 valence electrons. The molecule has 0 saturated carbocycles. The molecule has 2 unspecified atom stereocenters. The van der Waals surface area contributed by atoms with Crippen LogP contribution in [0.3, 0.4) is 0 Å². The minimum absolute atomic E-state index is 0.223. The number of fused-ring (bicyclic) bond motifs is 1. The predicted molar refractivity (Wildman–Crippen MR) is 68.9 cm³/mol. The molecule has 0 bridgehead atoms. The number of aliphatic carboxylic acids is 1. The molecule has 1 saturated heterocycles. The van der Waals surface area contributed by atoms with Crippen molar-refractivity contribution in [3.05, 3.63) is 30.5 Å². The van der Waals surface area contributed by atoms with Crippen LogP contribution in [0, 0.1) is 5.92 Å². The number of para-hydroxylation sites is 1. The lowest BCUT2D eigenvalue weighted by molar-refractivity contribution is -0.141. The Hall–Kier alpha value is -2.21. The summed E-state index contributed by atoms with van der Waals surface area (Å²) in [4.78, 5) is 19.6. The highest BCUT2D eigenvalue weighted by Crippen LogP contribution is 2.18. The van der Waals surface area contributed by atoms with Crippen molar-refractivity contribution in [3.63, 3.8) is 0 Å². The van der Waals surface area contributed by atoms with Crippen molar-refractivity contribution in [3.8, 4) is 0 Å². The smallest absolute Gasteiger partial charge is 0.311 e. The van der Waals surface area contributed by atoms with Gasteiger partial charge in [-0.2, -0.15) is 0 Å². The third kappa shape index (κ3) is 2.34. The van der Waals surface area contributed by atoms with Crippen LogP contribution in [0.25, 0.3) is 10.9 Å². The first-order chi connectivity index (χ1) is 9.24. The van der Waals surface area contributed by atoms with Crippen LogP contribution >= 0.6 is 0 Å². The average molecular weight is 259 g/mol. The first-order valence-electron chi connectivity index (χ1n) is 6.03. The van der Waals surface area contributed by atoms with E-state index >= 15 is 0 Å². The summed E-state index contributed by atoms with van der Waals surface area (Å²) in [6, 6.07) is 7.35. The summed E-state index contributed by atoms with van der Waals surface area (Å²) >= 11 is 0. The summed E-state index contributed by atoms with van der Waals surface area (Å²) < 4.78 is 5.19. The van der Waals surface area contributed by atoms with Crippen LogP contribution in [0.4, 0.5) is 5.95 Å². The number of carboxylic acid groups (broad SMARTS) is 1. The third-order valence-electron chi connectivity index (χ3n) is 3.20. The van der Waals surface area contributed by atoms with Gasteiger partial charge in [0.05, 0.1) is 24.8 Å². The first-order valence-corrected chi connectivity index (χ1v) is 6.03. The fraction of sp³-hybridized carbons (Fsp3) is 0.308. The van der Waals surface area contributed by atoms with Gasteiger partial charge in [0.25, 0.3) is 0 Å². The lowest BCUT2D eigenvalue weighted by atomic mass is 10.0.